The molecule has 0 bridgehead atoms. The third kappa shape index (κ3) is 4.95. The number of nitrogens with zero attached hydrogens (tertiary/aromatic N) is 5. The Morgan fingerprint density at radius 2 is 2.03 bits per heavy atom. The van der Waals surface area contributed by atoms with Crippen LogP contribution in [0.3, 0.4) is 0 Å². The minimum Gasteiger partial charge on any atom is -0.494 e. The SMILES string of the molecule is COc1cnc(Cl)cc1-c1cc(C)ncc1C(=O)Nc1nc2ncc([C@H]3CCO[C@H](C)C3)nc2s1. The van der Waals surface area contributed by atoms with Gasteiger partial charge < -0.3 is 9.47 Å². The second-order valence-electron chi connectivity index (χ2n) is 8.38. The van der Waals surface area contributed by atoms with Crippen LogP contribution in [0.1, 0.15) is 47.4 Å². The lowest BCUT2D eigenvalue weighted by Crippen LogP contribution is -2.22. The van der Waals surface area contributed by atoms with Gasteiger partial charge in [-0.15, -0.1) is 0 Å². The Hall–Kier alpha value is -3.21. The van der Waals surface area contributed by atoms with Crippen LogP contribution in [0, 0.1) is 6.92 Å². The number of anilines is 1. The zero-order chi connectivity index (χ0) is 24.5. The number of carbonyl (C=O) groups is 1. The molecule has 1 N–H and O–H groups in total. The van der Waals surface area contributed by atoms with Crippen molar-refractivity contribution in [1.82, 2.24) is 24.9 Å². The van der Waals surface area contributed by atoms with Crippen molar-refractivity contribution in [2.75, 3.05) is 19.0 Å². The van der Waals surface area contributed by atoms with E-state index < -0.39 is 0 Å². The molecular weight excluding hydrogens is 488 g/mol. The average molecular weight is 511 g/mol. The average Bonchev–Trinajstić information content (AvgIpc) is 3.25. The smallest absolute Gasteiger partial charge is 0.259 e. The summed E-state index contributed by atoms with van der Waals surface area (Å²) in [6.07, 6.45) is 6.86. The molecule has 9 nitrogen and oxygen atoms in total. The summed E-state index contributed by atoms with van der Waals surface area (Å²) in [6, 6.07) is 3.47. The maximum atomic E-state index is 13.3. The monoisotopic (exact) mass is 510 g/mol. The van der Waals surface area contributed by atoms with Crippen molar-refractivity contribution in [3.05, 3.63) is 52.8 Å². The Bertz CT molecular complexity index is 1410. The maximum absolute atomic E-state index is 13.3. The van der Waals surface area contributed by atoms with E-state index in [4.69, 9.17) is 26.1 Å². The lowest BCUT2D eigenvalue weighted by molar-refractivity contribution is 0.0180. The molecule has 1 fully saturated rings. The van der Waals surface area contributed by atoms with Crippen LogP contribution in [0.2, 0.25) is 5.15 Å². The molecule has 0 radical (unpaired) electrons. The summed E-state index contributed by atoms with van der Waals surface area (Å²) in [7, 11) is 1.54. The van der Waals surface area contributed by atoms with Gasteiger partial charge in [-0.3, -0.25) is 15.1 Å². The first-order chi connectivity index (χ1) is 16.9. The van der Waals surface area contributed by atoms with Crippen LogP contribution in [0.15, 0.2) is 30.7 Å². The Morgan fingerprint density at radius 1 is 1.17 bits per heavy atom. The number of carbonyl (C=O) groups excluding carboxylic acids is 1. The van der Waals surface area contributed by atoms with Crippen LogP contribution in [0.25, 0.3) is 21.6 Å². The van der Waals surface area contributed by atoms with Gasteiger partial charge in [0.05, 0.1) is 36.9 Å². The zero-order valence-electron chi connectivity index (χ0n) is 19.4. The number of nitrogens with one attached hydrogen (secondary N) is 1. The quantitative estimate of drug-likeness (QED) is 0.371. The van der Waals surface area contributed by atoms with Crippen molar-refractivity contribution in [3.8, 4) is 16.9 Å². The summed E-state index contributed by atoms with van der Waals surface area (Å²) in [4.78, 5) is 36.1. The molecule has 11 heteroatoms. The van der Waals surface area contributed by atoms with Crippen LogP contribution in [0.4, 0.5) is 5.13 Å². The van der Waals surface area contributed by atoms with Crippen LogP contribution in [0.5, 0.6) is 5.75 Å². The fourth-order valence-electron chi connectivity index (χ4n) is 4.17. The fourth-order valence-corrected chi connectivity index (χ4v) is 5.13. The molecule has 35 heavy (non-hydrogen) atoms. The van der Waals surface area contributed by atoms with Gasteiger partial charge in [-0.05, 0) is 38.8 Å². The summed E-state index contributed by atoms with van der Waals surface area (Å²) in [5.74, 6) is 0.441. The lowest BCUT2D eigenvalue weighted by atomic mass is 9.93. The van der Waals surface area contributed by atoms with E-state index in [0.717, 1.165) is 30.8 Å². The molecule has 0 saturated carbocycles. The zero-order valence-corrected chi connectivity index (χ0v) is 21.0. The van der Waals surface area contributed by atoms with Gasteiger partial charge in [0.15, 0.2) is 15.6 Å². The number of aryl methyl sites for hydroxylation is 1. The van der Waals surface area contributed by atoms with Crippen molar-refractivity contribution in [1.29, 1.82) is 0 Å². The largest absolute Gasteiger partial charge is 0.494 e. The number of thiazole rings is 1. The second kappa shape index (κ2) is 9.80. The number of ether oxygens (including phenoxy) is 2. The van der Waals surface area contributed by atoms with Crippen LogP contribution in [-0.4, -0.2) is 50.6 Å². The molecule has 1 amide bonds. The summed E-state index contributed by atoms with van der Waals surface area (Å²) >= 11 is 7.43. The molecule has 2 atom stereocenters. The van der Waals surface area contributed by atoms with E-state index in [1.165, 1.54) is 23.7 Å². The van der Waals surface area contributed by atoms with Crippen molar-refractivity contribution in [2.45, 2.75) is 38.7 Å². The van der Waals surface area contributed by atoms with E-state index in [1.807, 2.05) is 13.0 Å². The molecule has 1 saturated heterocycles. The van der Waals surface area contributed by atoms with Crippen molar-refractivity contribution in [2.24, 2.45) is 0 Å². The first kappa shape index (κ1) is 23.5. The van der Waals surface area contributed by atoms with Gasteiger partial charge in [0.25, 0.3) is 5.91 Å². The Morgan fingerprint density at radius 3 is 2.83 bits per heavy atom. The minimum absolute atomic E-state index is 0.203. The summed E-state index contributed by atoms with van der Waals surface area (Å²) in [6.45, 7) is 4.64. The summed E-state index contributed by atoms with van der Waals surface area (Å²) in [5, 5.41) is 3.58. The predicted octanol–water partition coefficient (Wildman–Crippen LogP) is 5.05. The number of methoxy groups -OCH3 is 1. The van der Waals surface area contributed by atoms with Crippen LogP contribution >= 0.6 is 22.9 Å². The molecule has 5 rings (SSSR count). The highest BCUT2D eigenvalue weighted by molar-refractivity contribution is 7.21. The van der Waals surface area contributed by atoms with Gasteiger partial charge in [0, 0.05) is 35.5 Å². The summed E-state index contributed by atoms with van der Waals surface area (Å²) in [5.41, 5.74) is 3.80. The fraction of sp³-hybridized carbons (Fsp3) is 0.333. The van der Waals surface area contributed by atoms with Crippen LogP contribution in [-0.2, 0) is 4.74 Å². The molecule has 1 aliphatic rings. The molecule has 5 heterocycles. The molecular formula is C24H23ClN6O3S. The van der Waals surface area contributed by atoms with E-state index in [-0.39, 0.29) is 12.0 Å². The number of hydrogen-bond acceptors (Lipinski definition) is 9. The van der Waals surface area contributed by atoms with Gasteiger partial charge in [-0.1, -0.05) is 22.9 Å². The van der Waals surface area contributed by atoms with Gasteiger partial charge in [-0.25, -0.2) is 15.0 Å². The maximum Gasteiger partial charge on any atom is 0.259 e. The molecule has 0 spiro atoms. The van der Waals surface area contributed by atoms with Crippen LogP contribution < -0.4 is 10.1 Å². The van der Waals surface area contributed by atoms with Crippen molar-refractivity contribution >= 4 is 44.5 Å². The normalized spacial score (nSPS) is 17.9. The summed E-state index contributed by atoms with van der Waals surface area (Å²) < 4.78 is 11.1. The molecule has 0 unspecified atom stereocenters. The topological polar surface area (TPSA) is 112 Å². The number of halogens is 1. The highest BCUT2D eigenvalue weighted by Crippen LogP contribution is 2.35. The number of pyridine rings is 2. The first-order valence-corrected chi connectivity index (χ1v) is 12.3. The molecule has 0 aromatic carbocycles. The van der Waals surface area contributed by atoms with Gasteiger partial charge in [0.1, 0.15) is 10.9 Å². The minimum atomic E-state index is -0.361. The Balaban J connectivity index is 1.44. The van der Waals surface area contributed by atoms with E-state index in [2.05, 4.69) is 32.2 Å². The Labute approximate surface area is 210 Å². The number of amides is 1. The standard InChI is InChI=1S/C24H23ClN6O3S/c1-12-6-15(16-8-20(25)27-11-19(16)33-3)17(9-26-12)22(32)31-24-30-21-23(35-24)29-18(10-28-21)14-4-5-34-13(2)7-14/h6,8-11,13-14H,4-5,7H2,1-3H3,(H,28,30,31,32)/t13-,14+/m1/s1. The highest BCUT2D eigenvalue weighted by atomic mass is 35.5. The number of fused-ring (bicyclic) bond motifs is 1. The highest BCUT2D eigenvalue weighted by Gasteiger charge is 2.24. The number of aromatic nitrogens is 5. The van der Waals surface area contributed by atoms with E-state index >= 15 is 0 Å². The number of hydrogen-bond donors (Lipinski definition) is 1. The second-order valence-corrected chi connectivity index (χ2v) is 9.74. The van der Waals surface area contributed by atoms with Gasteiger partial charge >= 0.3 is 0 Å². The van der Waals surface area contributed by atoms with Crippen molar-refractivity contribution < 1.29 is 14.3 Å². The molecule has 180 valence electrons. The van der Waals surface area contributed by atoms with Crippen molar-refractivity contribution in [3.63, 3.8) is 0 Å². The predicted molar refractivity (Wildman–Crippen MR) is 134 cm³/mol. The van der Waals surface area contributed by atoms with E-state index in [0.29, 0.717) is 49.1 Å². The van der Waals surface area contributed by atoms with Gasteiger partial charge in [0.2, 0.25) is 0 Å². The Kier molecular flexibility index (Phi) is 6.59. The number of rotatable bonds is 5. The first-order valence-electron chi connectivity index (χ1n) is 11.1. The molecule has 0 aliphatic carbocycles. The third-order valence-electron chi connectivity index (χ3n) is 5.90. The van der Waals surface area contributed by atoms with Gasteiger partial charge in [-0.2, -0.15) is 4.98 Å². The molecule has 4 aromatic heterocycles. The lowest BCUT2D eigenvalue weighted by Gasteiger charge is -2.26. The molecule has 4 aromatic rings. The van der Waals surface area contributed by atoms with E-state index in [9.17, 15) is 4.79 Å². The third-order valence-corrected chi connectivity index (χ3v) is 6.96. The van der Waals surface area contributed by atoms with E-state index in [1.54, 1.807) is 19.4 Å². The molecule has 1 aliphatic heterocycles.